The number of pyridine rings is 1. The van der Waals surface area contributed by atoms with Crippen LogP contribution >= 0.6 is 23.2 Å². The number of anilines is 1. The fourth-order valence-electron chi connectivity index (χ4n) is 2.03. The Morgan fingerprint density at radius 2 is 2.00 bits per heavy atom. The highest BCUT2D eigenvalue weighted by Gasteiger charge is 2.13. The van der Waals surface area contributed by atoms with Crippen LogP contribution in [0.25, 0.3) is 0 Å². The average Bonchev–Trinajstić information content (AvgIpc) is 2.64. The maximum Gasteiger partial charge on any atom is 0.292 e. The summed E-state index contributed by atoms with van der Waals surface area (Å²) >= 11 is 11.8. The van der Waals surface area contributed by atoms with Crippen LogP contribution in [0.4, 0.5) is 5.82 Å². The van der Waals surface area contributed by atoms with Crippen LogP contribution in [0.15, 0.2) is 64.1 Å². The summed E-state index contributed by atoms with van der Waals surface area (Å²) in [6.45, 7) is 0.0983. The summed E-state index contributed by atoms with van der Waals surface area (Å²) in [5.41, 5.74) is 0.248. The number of nitrogens with zero attached hydrogens (tertiary/aromatic N) is 1. The first-order chi connectivity index (χ1) is 12.5. The summed E-state index contributed by atoms with van der Waals surface area (Å²) in [4.78, 5) is 28.1. The SMILES string of the molecule is O=C(Nc1ccccn1)c1cc(=O)c(OCc2ccc(Cl)c(Cl)c2)co1. The standard InChI is InChI=1S/C18H12Cl2N2O4/c19-12-5-4-11(7-13(12)20)9-25-16-10-26-15(8-14(16)23)18(24)22-17-3-1-2-6-21-17/h1-8,10H,9H2,(H,21,22,24). The molecular weight excluding hydrogens is 379 g/mol. The van der Waals surface area contributed by atoms with E-state index < -0.39 is 11.3 Å². The molecule has 6 nitrogen and oxygen atoms in total. The molecule has 1 amide bonds. The first-order valence-electron chi connectivity index (χ1n) is 7.45. The topological polar surface area (TPSA) is 81.4 Å². The maximum absolute atomic E-state index is 12.1. The van der Waals surface area contributed by atoms with E-state index in [2.05, 4.69) is 10.3 Å². The van der Waals surface area contributed by atoms with Gasteiger partial charge in [-0.25, -0.2) is 4.98 Å². The molecule has 2 aromatic heterocycles. The lowest BCUT2D eigenvalue weighted by Crippen LogP contribution is -2.16. The Labute approximate surface area is 158 Å². The number of rotatable bonds is 5. The maximum atomic E-state index is 12.1. The van der Waals surface area contributed by atoms with Crippen LogP contribution in [-0.2, 0) is 6.61 Å². The van der Waals surface area contributed by atoms with Gasteiger partial charge in [0.25, 0.3) is 5.91 Å². The van der Waals surface area contributed by atoms with E-state index in [1.54, 1.807) is 36.4 Å². The molecule has 3 rings (SSSR count). The Kier molecular flexibility index (Phi) is 5.55. The van der Waals surface area contributed by atoms with Crippen molar-refractivity contribution in [1.82, 2.24) is 4.98 Å². The van der Waals surface area contributed by atoms with Crippen molar-refractivity contribution >= 4 is 34.9 Å². The van der Waals surface area contributed by atoms with Gasteiger partial charge in [0, 0.05) is 12.3 Å². The number of aromatic nitrogens is 1. The summed E-state index contributed by atoms with van der Waals surface area (Å²) in [5, 5.41) is 3.34. The van der Waals surface area contributed by atoms with Gasteiger partial charge in [-0.15, -0.1) is 0 Å². The molecule has 0 aliphatic heterocycles. The molecule has 3 aromatic rings. The Morgan fingerprint density at radius 3 is 2.69 bits per heavy atom. The molecule has 0 atom stereocenters. The Hall–Kier alpha value is -2.83. The molecule has 0 fully saturated rings. The molecule has 8 heteroatoms. The van der Waals surface area contributed by atoms with E-state index in [-0.39, 0.29) is 18.1 Å². The van der Waals surface area contributed by atoms with Gasteiger partial charge in [-0.3, -0.25) is 9.59 Å². The van der Waals surface area contributed by atoms with Crippen LogP contribution < -0.4 is 15.5 Å². The molecule has 0 saturated heterocycles. The monoisotopic (exact) mass is 390 g/mol. The van der Waals surface area contributed by atoms with Gasteiger partial charge in [-0.1, -0.05) is 35.3 Å². The number of benzene rings is 1. The second-order valence-electron chi connectivity index (χ2n) is 5.18. The highest BCUT2D eigenvalue weighted by atomic mass is 35.5. The lowest BCUT2D eigenvalue weighted by atomic mass is 10.2. The fourth-order valence-corrected chi connectivity index (χ4v) is 2.35. The summed E-state index contributed by atoms with van der Waals surface area (Å²) in [6.07, 6.45) is 2.62. The number of amides is 1. The molecule has 0 radical (unpaired) electrons. The third kappa shape index (κ3) is 4.41. The summed E-state index contributed by atoms with van der Waals surface area (Å²) < 4.78 is 10.6. The third-order valence-electron chi connectivity index (χ3n) is 3.31. The van der Waals surface area contributed by atoms with Crippen molar-refractivity contribution in [3.8, 4) is 5.75 Å². The van der Waals surface area contributed by atoms with E-state index >= 15 is 0 Å². The van der Waals surface area contributed by atoms with Gasteiger partial charge in [0.15, 0.2) is 5.76 Å². The zero-order chi connectivity index (χ0) is 18.5. The number of nitrogens with one attached hydrogen (secondary N) is 1. The highest BCUT2D eigenvalue weighted by molar-refractivity contribution is 6.42. The van der Waals surface area contributed by atoms with Crippen molar-refractivity contribution < 1.29 is 13.9 Å². The van der Waals surface area contributed by atoms with Crippen molar-refractivity contribution in [3.05, 3.63) is 86.5 Å². The van der Waals surface area contributed by atoms with Crippen molar-refractivity contribution in [1.29, 1.82) is 0 Å². The van der Waals surface area contributed by atoms with Crippen LogP contribution in [0.2, 0.25) is 10.0 Å². The van der Waals surface area contributed by atoms with Crippen LogP contribution in [0.1, 0.15) is 16.1 Å². The number of ether oxygens (including phenoxy) is 1. The Balaban J connectivity index is 1.68. The van der Waals surface area contributed by atoms with E-state index in [1.165, 1.54) is 6.20 Å². The van der Waals surface area contributed by atoms with Gasteiger partial charge in [0.05, 0.1) is 10.0 Å². The quantitative estimate of drug-likeness (QED) is 0.706. The van der Waals surface area contributed by atoms with Gasteiger partial charge >= 0.3 is 0 Å². The molecule has 2 heterocycles. The minimum absolute atomic E-state index is 0.0227. The summed E-state index contributed by atoms with van der Waals surface area (Å²) in [7, 11) is 0. The van der Waals surface area contributed by atoms with Crippen LogP contribution in [0, 0.1) is 0 Å². The Bertz CT molecular complexity index is 990. The van der Waals surface area contributed by atoms with Gasteiger partial charge in [-0.2, -0.15) is 0 Å². The number of hydrogen-bond donors (Lipinski definition) is 1. The first-order valence-corrected chi connectivity index (χ1v) is 8.20. The van der Waals surface area contributed by atoms with Crippen molar-refractivity contribution in [3.63, 3.8) is 0 Å². The lowest BCUT2D eigenvalue weighted by molar-refractivity contribution is 0.0993. The molecule has 26 heavy (non-hydrogen) atoms. The van der Waals surface area contributed by atoms with Crippen LogP contribution in [0.5, 0.6) is 5.75 Å². The van der Waals surface area contributed by atoms with Crippen molar-refractivity contribution in [2.45, 2.75) is 6.61 Å². The molecule has 1 N–H and O–H groups in total. The largest absolute Gasteiger partial charge is 0.482 e. The zero-order valence-corrected chi connectivity index (χ0v) is 14.8. The number of carbonyl (C=O) groups is 1. The van der Waals surface area contributed by atoms with Gasteiger partial charge < -0.3 is 14.5 Å². The molecule has 0 unspecified atom stereocenters. The fraction of sp³-hybridized carbons (Fsp3) is 0.0556. The molecule has 1 aromatic carbocycles. The van der Waals surface area contributed by atoms with Crippen molar-refractivity contribution in [2.24, 2.45) is 0 Å². The second kappa shape index (κ2) is 8.03. The molecule has 0 aliphatic carbocycles. The molecule has 0 bridgehead atoms. The summed E-state index contributed by atoms with van der Waals surface area (Å²) in [6, 6.07) is 11.1. The van der Waals surface area contributed by atoms with Crippen LogP contribution in [0.3, 0.4) is 0 Å². The van der Waals surface area contributed by atoms with Gasteiger partial charge in [-0.05, 0) is 29.8 Å². The van der Waals surface area contributed by atoms with E-state index in [0.29, 0.717) is 15.9 Å². The number of halogens is 2. The van der Waals surface area contributed by atoms with E-state index in [9.17, 15) is 9.59 Å². The molecule has 0 aliphatic rings. The average molecular weight is 391 g/mol. The van der Waals surface area contributed by atoms with Gasteiger partial charge in [0.1, 0.15) is 18.7 Å². The van der Waals surface area contributed by atoms with E-state index in [0.717, 1.165) is 17.9 Å². The predicted octanol–water partition coefficient (Wildman–Crippen LogP) is 4.17. The second-order valence-corrected chi connectivity index (χ2v) is 5.99. The van der Waals surface area contributed by atoms with E-state index in [1.807, 2.05) is 0 Å². The molecular formula is C18H12Cl2N2O4. The molecule has 0 spiro atoms. The minimum atomic E-state index is -0.586. The number of carbonyl (C=O) groups excluding carboxylic acids is 1. The Morgan fingerprint density at radius 1 is 1.15 bits per heavy atom. The highest BCUT2D eigenvalue weighted by Crippen LogP contribution is 2.23. The minimum Gasteiger partial charge on any atom is -0.482 e. The van der Waals surface area contributed by atoms with Crippen LogP contribution in [-0.4, -0.2) is 10.9 Å². The normalized spacial score (nSPS) is 10.4. The summed E-state index contributed by atoms with van der Waals surface area (Å²) in [5.74, 6) is -0.412. The third-order valence-corrected chi connectivity index (χ3v) is 4.05. The lowest BCUT2D eigenvalue weighted by Gasteiger charge is -2.07. The first kappa shape index (κ1) is 18.0. The molecule has 132 valence electrons. The smallest absolute Gasteiger partial charge is 0.292 e. The number of hydrogen-bond acceptors (Lipinski definition) is 5. The predicted molar refractivity (Wildman–Crippen MR) is 98.0 cm³/mol. The van der Waals surface area contributed by atoms with Gasteiger partial charge in [0.2, 0.25) is 11.2 Å². The zero-order valence-electron chi connectivity index (χ0n) is 13.2. The van der Waals surface area contributed by atoms with Crippen molar-refractivity contribution in [2.75, 3.05) is 5.32 Å². The molecule has 0 saturated carbocycles. The van der Waals surface area contributed by atoms with E-state index in [4.69, 9.17) is 32.4 Å².